The molecule has 0 saturated carbocycles. The number of rotatable bonds is 3. The average Bonchev–Trinajstić information content (AvgIpc) is 2.39. The molecule has 2 saturated heterocycles. The van der Waals surface area contributed by atoms with Crippen LogP contribution in [0.25, 0.3) is 0 Å². The second-order valence-corrected chi connectivity index (χ2v) is 5.85. The van der Waals surface area contributed by atoms with Gasteiger partial charge in [0.05, 0.1) is 0 Å². The first-order valence-electron chi connectivity index (χ1n) is 7.17. The lowest BCUT2D eigenvalue weighted by atomic mass is 9.86. The van der Waals surface area contributed by atoms with E-state index in [-0.39, 0.29) is 5.92 Å². The minimum atomic E-state index is 0.213. The summed E-state index contributed by atoms with van der Waals surface area (Å²) in [6.45, 7) is 8.65. The van der Waals surface area contributed by atoms with E-state index in [1.807, 2.05) is 13.8 Å². The zero-order valence-electron chi connectivity index (χ0n) is 11.2. The van der Waals surface area contributed by atoms with Gasteiger partial charge in [-0.15, -0.1) is 0 Å². The molecule has 0 atom stereocenters. The first kappa shape index (κ1) is 13.0. The largest absolute Gasteiger partial charge is 0.317 e. The SMILES string of the molecule is CC(C)C(=O)C1CCN(C2CCNCC2)CC1. The fraction of sp³-hybridized carbons (Fsp3) is 0.929. The molecule has 2 aliphatic heterocycles. The number of ketones is 1. The van der Waals surface area contributed by atoms with Crippen molar-refractivity contribution < 1.29 is 4.79 Å². The van der Waals surface area contributed by atoms with Gasteiger partial charge >= 0.3 is 0 Å². The van der Waals surface area contributed by atoms with Crippen LogP contribution >= 0.6 is 0 Å². The van der Waals surface area contributed by atoms with E-state index in [1.165, 1.54) is 12.8 Å². The van der Waals surface area contributed by atoms with Gasteiger partial charge in [0.15, 0.2) is 0 Å². The third-order valence-corrected chi connectivity index (χ3v) is 4.33. The lowest BCUT2D eigenvalue weighted by molar-refractivity contribution is -0.127. The predicted molar refractivity (Wildman–Crippen MR) is 70.0 cm³/mol. The Kier molecular flexibility index (Phi) is 4.57. The summed E-state index contributed by atoms with van der Waals surface area (Å²) in [5.74, 6) is 1.04. The van der Waals surface area contributed by atoms with Gasteiger partial charge in [-0.1, -0.05) is 13.8 Å². The van der Waals surface area contributed by atoms with Crippen molar-refractivity contribution in [2.75, 3.05) is 26.2 Å². The van der Waals surface area contributed by atoms with Crippen molar-refractivity contribution in [3.05, 3.63) is 0 Å². The van der Waals surface area contributed by atoms with E-state index in [2.05, 4.69) is 10.2 Å². The molecule has 2 rings (SSSR count). The predicted octanol–water partition coefficient (Wildman–Crippen LogP) is 1.68. The van der Waals surface area contributed by atoms with E-state index in [0.717, 1.165) is 45.1 Å². The van der Waals surface area contributed by atoms with E-state index in [9.17, 15) is 4.79 Å². The molecule has 2 aliphatic rings. The van der Waals surface area contributed by atoms with Crippen LogP contribution in [0, 0.1) is 11.8 Å². The summed E-state index contributed by atoms with van der Waals surface area (Å²) in [6, 6.07) is 0.770. The third-order valence-electron chi connectivity index (χ3n) is 4.33. The Labute approximate surface area is 105 Å². The molecule has 1 N–H and O–H groups in total. The van der Waals surface area contributed by atoms with Gasteiger partial charge < -0.3 is 10.2 Å². The zero-order valence-corrected chi connectivity index (χ0v) is 11.2. The second kappa shape index (κ2) is 5.96. The van der Waals surface area contributed by atoms with Gasteiger partial charge in [-0.25, -0.2) is 0 Å². The first-order valence-corrected chi connectivity index (χ1v) is 7.17. The summed E-state index contributed by atoms with van der Waals surface area (Å²) in [7, 11) is 0. The van der Waals surface area contributed by atoms with Crippen LogP contribution in [0.15, 0.2) is 0 Å². The maximum atomic E-state index is 12.0. The molecular formula is C14H26N2O. The topological polar surface area (TPSA) is 32.3 Å². The lowest BCUT2D eigenvalue weighted by Crippen LogP contribution is -2.47. The molecule has 0 unspecified atom stereocenters. The van der Waals surface area contributed by atoms with Gasteiger partial charge in [-0.3, -0.25) is 4.79 Å². The molecule has 0 radical (unpaired) electrons. The van der Waals surface area contributed by atoms with Crippen molar-refractivity contribution in [3.8, 4) is 0 Å². The van der Waals surface area contributed by atoms with E-state index >= 15 is 0 Å². The van der Waals surface area contributed by atoms with Crippen LogP contribution in [0.3, 0.4) is 0 Å². The van der Waals surface area contributed by atoms with Crippen molar-refractivity contribution >= 4 is 5.78 Å². The molecule has 3 nitrogen and oxygen atoms in total. The van der Waals surface area contributed by atoms with Gasteiger partial charge in [0.1, 0.15) is 5.78 Å². The van der Waals surface area contributed by atoms with Crippen LogP contribution in [0.1, 0.15) is 39.5 Å². The summed E-state index contributed by atoms with van der Waals surface area (Å²) in [5.41, 5.74) is 0. The Bertz CT molecular complexity index is 251. The first-order chi connectivity index (χ1) is 8.18. The van der Waals surface area contributed by atoms with Crippen molar-refractivity contribution in [1.82, 2.24) is 10.2 Å². The number of nitrogens with one attached hydrogen (secondary N) is 1. The molecule has 0 spiro atoms. The van der Waals surface area contributed by atoms with Crippen LogP contribution in [-0.4, -0.2) is 42.9 Å². The number of hydrogen-bond donors (Lipinski definition) is 1. The average molecular weight is 238 g/mol. The smallest absolute Gasteiger partial charge is 0.138 e. The van der Waals surface area contributed by atoms with Gasteiger partial charge in [0, 0.05) is 17.9 Å². The number of nitrogens with zero attached hydrogens (tertiary/aromatic N) is 1. The summed E-state index contributed by atoms with van der Waals surface area (Å²) in [5, 5.41) is 3.41. The number of hydrogen-bond acceptors (Lipinski definition) is 3. The summed E-state index contributed by atoms with van der Waals surface area (Å²) in [4.78, 5) is 14.6. The maximum Gasteiger partial charge on any atom is 0.138 e. The zero-order chi connectivity index (χ0) is 12.3. The minimum Gasteiger partial charge on any atom is -0.317 e. The van der Waals surface area contributed by atoms with Crippen LogP contribution in [0.2, 0.25) is 0 Å². The molecule has 0 aromatic heterocycles. The number of likely N-dealkylation sites (tertiary alicyclic amines) is 1. The summed E-state index contributed by atoms with van der Waals surface area (Å²) < 4.78 is 0. The standard InChI is InChI=1S/C14H26N2O/c1-11(2)14(17)12-5-9-16(10-6-12)13-3-7-15-8-4-13/h11-13,15H,3-10H2,1-2H3. The summed E-state index contributed by atoms with van der Waals surface area (Å²) in [6.07, 6.45) is 4.73. The van der Waals surface area contributed by atoms with Gasteiger partial charge in [-0.2, -0.15) is 0 Å². The second-order valence-electron chi connectivity index (χ2n) is 5.85. The molecule has 0 bridgehead atoms. The van der Waals surface area contributed by atoms with Crippen molar-refractivity contribution in [3.63, 3.8) is 0 Å². The van der Waals surface area contributed by atoms with Crippen molar-refractivity contribution in [1.29, 1.82) is 0 Å². The highest BCUT2D eigenvalue weighted by Gasteiger charge is 2.29. The van der Waals surface area contributed by atoms with Crippen LogP contribution in [0.4, 0.5) is 0 Å². The normalized spacial score (nSPS) is 25.4. The monoisotopic (exact) mass is 238 g/mol. The van der Waals surface area contributed by atoms with Gasteiger partial charge in [0.25, 0.3) is 0 Å². The molecule has 0 aromatic carbocycles. The quantitative estimate of drug-likeness (QED) is 0.812. The number of carbonyl (C=O) groups is 1. The Morgan fingerprint density at radius 1 is 1.12 bits per heavy atom. The van der Waals surface area contributed by atoms with Crippen molar-refractivity contribution in [2.24, 2.45) is 11.8 Å². The van der Waals surface area contributed by atoms with E-state index in [1.54, 1.807) is 0 Å². The Morgan fingerprint density at radius 3 is 2.24 bits per heavy atom. The van der Waals surface area contributed by atoms with Crippen LogP contribution in [-0.2, 0) is 4.79 Å². The van der Waals surface area contributed by atoms with Crippen LogP contribution in [0.5, 0.6) is 0 Å². The Morgan fingerprint density at radius 2 is 1.71 bits per heavy atom. The molecule has 3 heteroatoms. The Hall–Kier alpha value is -0.410. The number of carbonyl (C=O) groups excluding carboxylic acids is 1. The molecule has 17 heavy (non-hydrogen) atoms. The van der Waals surface area contributed by atoms with E-state index in [0.29, 0.717) is 11.7 Å². The summed E-state index contributed by atoms with van der Waals surface area (Å²) >= 11 is 0. The highest BCUT2D eigenvalue weighted by molar-refractivity contribution is 5.82. The molecule has 2 heterocycles. The van der Waals surface area contributed by atoms with Crippen LogP contribution < -0.4 is 5.32 Å². The van der Waals surface area contributed by atoms with E-state index < -0.39 is 0 Å². The fourth-order valence-electron chi connectivity index (χ4n) is 3.19. The van der Waals surface area contributed by atoms with Gasteiger partial charge in [-0.05, 0) is 51.9 Å². The van der Waals surface area contributed by atoms with Gasteiger partial charge in [0.2, 0.25) is 0 Å². The molecule has 2 fully saturated rings. The van der Waals surface area contributed by atoms with Crippen molar-refractivity contribution in [2.45, 2.75) is 45.6 Å². The molecule has 0 aliphatic carbocycles. The molecule has 0 amide bonds. The fourth-order valence-corrected chi connectivity index (χ4v) is 3.19. The van der Waals surface area contributed by atoms with E-state index in [4.69, 9.17) is 0 Å². The lowest BCUT2D eigenvalue weighted by Gasteiger charge is -2.39. The third kappa shape index (κ3) is 3.29. The highest BCUT2D eigenvalue weighted by Crippen LogP contribution is 2.24. The Balaban J connectivity index is 1.79. The number of Topliss-reactive ketones (excluding diaryl/α,β-unsaturated/α-hetero) is 1. The molecule has 0 aromatic rings. The minimum absolute atomic E-state index is 0.213. The molecular weight excluding hydrogens is 212 g/mol. The highest BCUT2D eigenvalue weighted by atomic mass is 16.1. The maximum absolute atomic E-state index is 12.0. The molecule has 98 valence electrons. The number of piperidine rings is 2.